The summed E-state index contributed by atoms with van der Waals surface area (Å²) < 4.78 is 10.6. The zero-order valence-corrected chi connectivity index (χ0v) is 18.3. The van der Waals surface area contributed by atoms with Crippen LogP contribution in [0.4, 0.5) is 5.69 Å². The summed E-state index contributed by atoms with van der Waals surface area (Å²) in [5.41, 5.74) is 7.76. The first-order valence-electron chi connectivity index (χ1n) is 9.77. The molecule has 0 bridgehead atoms. The van der Waals surface area contributed by atoms with E-state index in [2.05, 4.69) is 5.32 Å². The number of rotatable bonds is 9. The molecule has 0 aliphatic rings. The van der Waals surface area contributed by atoms with Crippen LogP contribution in [0.15, 0.2) is 42.5 Å². The summed E-state index contributed by atoms with van der Waals surface area (Å²) in [6, 6.07) is 12.6. The molecule has 0 saturated heterocycles. The van der Waals surface area contributed by atoms with E-state index in [9.17, 15) is 9.59 Å². The van der Waals surface area contributed by atoms with Crippen molar-refractivity contribution < 1.29 is 19.1 Å². The molecule has 162 valence electrons. The highest BCUT2D eigenvalue weighted by Crippen LogP contribution is 2.29. The van der Waals surface area contributed by atoms with Gasteiger partial charge in [-0.3, -0.25) is 9.59 Å². The molecule has 2 rings (SSSR count). The number of nitrogens with one attached hydrogen (secondary N) is 1. The molecular weight excluding hydrogens is 382 g/mol. The highest BCUT2D eigenvalue weighted by molar-refractivity contribution is 5.95. The molecule has 0 saturated carbocycles. The van der Waals surface area contributed by atoms with Gasteiger partial charge in [-0.2, -0.15) is 0 Å². The molecule has 3 N–H and O–H groups in total. The van der Waals surface area contributed by atoms with Crippen molar-refractivity contribution in [2.75, 3.05) is 32.6 Å². The molecule has 0 atom stereocenters. The topological polar surface area (TPSA) is 93.9 Å². The number of amides is 2. The van der Waals surface area contributed by atoms with Crippen LogP contribution in [0.3, 0.4) is 0 Å². The number of carbonyl (C=O) groups excluding carboxylic acids is 2. The molecule has 0 unspecified atom stereocenters. The minimum atomic E-state index is -0.262. The minimum absolute atomic E-state index is 0.137. The highest BCUT2D eigenvalue weighted by Gasteiger charge is 2.25. The molecule has 7 heteroatoms. The van der Waals surface area contributed by atoms with Gasteiger partial charge in [0.2, 0.25) is 5.91 Å². The molecule has 2 aromatic rings. The van der Waals surface area contributed by atoms with Crippen LogP contribution in [0.5, 0.6) is 11.5 Å². The fourth-order valence-electron chi connectivity index (χ4n) is 3.10. The Kier molecular flexibility index (Phi) is 7.83. The second kappa shape index (κ2) is 10.1. The fraction of sp³-hybridized carbons (Fsp3) is 0.391. The molecule has 30 heavy (non-hydrogen) atoms. The normalized spacial score (nSPS) is 11.0. The van der Waals surface area contributed by atoms with Crippen LogP contribution in [0.1, 0.15) is 36.7 Å². The Hall–Kier alpha value is -3.06. The van der Waals surface area contributed by atoms with E-state index in [4.69, 9.17) is 15.2 Å². The van der Waals surface area contributed by atoms with Gasteiger partial charge in [0.15, 0.2) is 11.5 Å². The van der Waals surface area contributed by atoms with Crippen molar-refractivity contribution in [3.05, 3.63) is 53.6 Å². The number of anilines is 1. The third kappa shape index (κ3) is 6.22. The van der Waals surface area contributed by atoms with Crippen molar-refractivity contribution in [2.24, 2.45) is 11.1 Å². The lowest BCUT2D eigenvalue weighted by molar-refractivity contribution is -0.114. The summed E-state index contributed by atoms with van der Waals surface area (Å²) in [7, 11) is 3.09. The molecule has 0 heterocycles. The van der Waals surface area contributed by atoms with Crippen LogP contribution in [-0.2, 0) is 11.3 Å². The van der Waals surface area contributed by atoms with Gasteiger partial charge in [0.1, 0.15) is 0 Å². The zero-order valence-electron chi connectivity index (χ0n) is 18.3. The van der Waals surface area contributed by atoms with E-state index in [1.54, 1.807) is 30.2 Å². The summed E-state index contributed by atoms with van der Waals surface area (Å²) >= 11 is 0. The average Bonchev–Trinajstić information content (AvgIpc) is 2.71. The maximum absolute atomic E-state index is 13.4. The first-order valence-corrected chi connectivity index (χ1v) is 9.77. The van der Waals surface area contributed by atoms with Gasteiger partial charge in [-0.15, -0.1) is 0 Å². The predicted molar refractivity (Wildman–Crippen MR) is 118 cm³/mol. The van der Waals surface area contributed by atoms with E-state index in [-0.39, 0.29) is 17.2 Å². The van der Waals surface area contributed by atoms with Crippen LogP contribution in [0.25, 0.3) is 0 Å². The summed E-state index contributed by atoms with van der Waals surface area (Å²) in [6.45, 7) is 6.80. The monoisotopic (exact) mass is 413 g/mol. The average molecular weight is 414 g/mol. The molecule has 0 spiro atoms. The molecule has 0 fully saturated rings. The maximum atomic E-state index is 13.4. The zero-order chi connectivity index (χ0) is 22.3. The first kappa shape index (κ1) is 23.2. The molecule has 2 amide bonds. The minimum Gasteiger partial charge on any atom is -0.493 e. The molecule has 0 aliphatic heterocycles. The van der Waals surface area contributed by atoms with Crippen molar-refractivity contribution >= 4 is 17.5 Å². The van der Waals surface area contributed by atoms with Crippen molar-refractivity contribution in [1.82, 2.24) is 4.90 Å². The third-order valence-corrected chi connectivity index (χ3v) is 4.71. The van der Waals surface area contributed by atoms with Gasteiger partial charge in [-0.1, -0.05) is 26.0 Å². The van der Waals surface area contributed by atoms with E-state index in [0.29, 0.717) is 42.4 Å². The van der Waals surface area contributed by atoms with Gasteiger partial charge in [0.05, 0.1) is 14.2 Å². The number of nitrogens with zero attached hydrogens (tertiary/aromatic N) is 1. The second-order valence-electron chi connectivity index (χ2n) is 7.98. The summed E-state index contributed by atoms with van der Waals surface area (Å²) in [5.74, 6) is 0.775. The smallest absolute Gasteiger partial charge is 0.254 e. The highest BCUT2D eigenvalue weighted by atomic mass is 16.5. The number of hydrogen-bond acceptors (Lipinski definition) is 5. The number of nitrogens with two attached hydrogens (primary N) is 1. The number of carbonyl (C=O) groups is 2. The Morgan fingerprint density at radius 3 is 2.37 bits per heavy atom. The quantitative estimate of drug-likeness (QED) is 0.658. The van der Waals surface area contributed by atoms with Gasteiger partial charge in [0.25, 0.3) is 5.91 Å². The van der Waals surface area contributed by atoms with Gasteiger partial charge in [0, 0.05) is 31.3 Å². The molecule has 0 aromatic heterocycles. The van der Waals surface area contributed by atoms with E-state index in [1.807, 2.05) is 38.1 Å². The molecule has 0 aliphatic carbocycles. The number of methoxy groups -OCH3 is 2. The fourth-order valence-corrected chi connectivity index (χ4v) is 3.10. The van der Waals surface area contributed by atoms with Gasteiger partial charge < -0.3 is 25.4 Å². The molecule has 7 nitrogen and oxygen atoms in total. The van der Waals surface area contributed by atoms with E-state index >= 15 is 0 Å². The Balaban J connectivity index is 2.35. The molecule has 0 radical (unpaired) electrons. The maximum Gasteiger partial charge on any atom is 0.254 e. The van der Waals surface area contributed by atoms with Gasteiger partial charge >= 0.3 is 0 Å². The van der Waals surface area contributed by atoms with Crippen molar-refractivity contribution in [1.29, 1.82) is 0 Å². The largest absolute Gasteiger partial charge is 0.493 e. The lowest BCUT2D eigenvalue weighted by Crippen LogP contribution is -2.41. The number of ether oxygens (including phenoxy) is 2. The van der Waals surface area contributed by atoms with Crippen molar-refractivity contribution in [3.8, 4) is 11.5 Å². The molecule has 2 aromatic carbocycles. The Morgan fingerprint density at radius 1 is 1.07 bits per heavy atom. The summed E-state index contributed by atoms with van der Waals surface area (Å²) in [6.07, 6.45) is 0. The SMILES string of the molecule is COc1ccc(C(=O)N(Cc2cccc(NC(C)=O)c2)CC(C)(C)CN)cc1OC. The van der Waals surface area contributed by atoms with Gasteiger partial charge in [-0.25, -0.2) is 0 Å². The summed E-state index contributed by atoms with van der Waals surface area (Å²) in [5, 5.41) is 2.77. The lowest BCUT2D eigenvalue weighted by Gasteiger charge is -2.32. The Labute approximate surface area is 178 Å². The lowest BCUT2D eigenvalue weighted by atomic mass is 9.92. The summed E-state index contributed by atoms with van der Waals surface area (Å²) in [4.78, 5) is 26.5. The van der Waals surface area contributed by atoms with E-state index in [1.165, 1.54) is 14.0 Å². The van der Waals surface area contributed by atoms with E-state index in [0.717, 1.165) is 5.56 Å². The van der Waals surface area contributed by atoms with Gasteiger partial charge in [-0.05, 0) is 47.9 Å². The van der Waals surface area contributed by atoms with Crippen molar-refractivity contribution in [3.63, 3.8) is 0 Å². The molecular formula is C23H31N3O4. The van der Waals surface area contributed by atoms with Crippen LogP contribution >= 0.6 is 0 Å². The predicted octanol–water partition coefficient (Wildman–Crippen LogP) is 3.29. The van der Waals surface area contributed by atoms with Crippen LogP contribution in [-0.4, -0.2) is 44.0 Å². The van der Waals surface area contributed by atoms with Crippen LogP contribution < -0.4 is 20.5 Å². The van der Waals surface area contributed by atoms with Crippen molar-refractivity contribution in [2.45, 2.75) is 27.3 Å². The standard InChI is InChI=1S/C23H31N3O4/c1-16(27)25-19-8-6-7-17(11-19)13-26(15-23(2,3)14-24)22(28)18-9-10-20(29-4)21(12-18)30-5/h6-12H,13-15,24H2,1-5H3,(H,25,27). The number of benzene rings is 2. The third-order valence-electron chi connectivity index (χ3n) is 4.71. The Morgan fingerprint density at radius 2 is 1.77 bits per heavy atom. The van der Waals surface area contributed by atoms with E-state index < -0.39 is 0 Å². The Bertz CT molecular complexity index is 896. The van der Waals surface area contributed by atoms with Crippen LogP contribution in [0, 0.1) is 5.41 Å². The first-order chi connectivity index (χ1) is 14.2. The van der Waals surface area contributed by atoms with Crippen LogP contribution in [0.2, 0.25) is 0 Å². The number of hydrogen-bond donors (Lipinski definition) is 2. The second-order valence-corrected chi connectivity index (χ2v) is 7.98.